The largest absolute Gasteiger partial charge is 0.393 e. The Bertz CT molecular complexity index is 581. The minimum absolute atomic E-state index is 0.207. The van der Waals surface area contributed by atoms with Gasteiger partial charge in [-0.25, -0.2) is 4.98 Å². The van der Waals surface area contributed by atoms with Crippen molar-refractivity contribution in [2.75, 3.05) is 13.1 Å². The number of pyridine rings is 1. The van der Waals surface area contributed by atoms with Crippen LogP contribution >= 0.6 is 15.9 Å². The highest BCUT2D eigenvalue weighted by atomic mass is 79.9. The fourth-order valence-electron chi connectivity index (χ4n) is 2.75. The lowest BCUT2D eigenvalue weighted by molar-refractivity contribution is 0.127. The molecule has 19 heavy (non-hydrogen) atoms. The molecule has 2 aromatic heterocycles. The molecule has 0 amide bonds. The van der Waals surface area contributed by atoms with Gasteiger partial charge in [0.2, 0.25) is 0 Å². The summed E-state index contributed by atoms with van der Waals surface area (Å²) in [6.07, 6.45) is 4.87. The molecule has 1 aliphatic rings. The zero-order valence-corrected chi connectivity index (χ0v) is 12.5. The number of hydrogen-bond acceptors (Lipinski definition) is 3. The Morgan fingerprint density at radius 1 is 1.53 bits per heavy atom. The molecule has 4 nitrogen and oxygen atoms in total. The molecule has 1 N–H and O–H groups in total. The van der Waals surface area contributed by atoms with Crippen molar-refractivity contribution < 1.29 is 5.11 Å². The van der Waals surface area contributed by atoms with Gasteiger partial charge in [0.25, 0.3) is 0 Å². The number of imidazole rings is 1. The third kappa shape index (κ3) is 2.68. The molecule has 0 spiro atoms. The van der Waals surface area contributed by atoms with Crippen molar-refractivity contribution >= 4 is 21.6 Å². The van der Waals surface area contributed by atoms with Gasteiger partial charge in [-0.3, -0.25) is 4.90 Å². The third-order valence-electron chi connectivity index (χ3n) is 3.92. The first-order valence-electron chi connectivity index (χ1n) is 6.65. The van der Waals surface area contributed by atoms with Gasteiger partial charge in [0, 0.05) is 23.8 Å². The summed E-state index contributed by atoms with van der Waals surface area (Å²) in [6.45, 7) is 4.80. The van der Waals surface area contributed by atoms with Gasteiger partial charge in [-0.05, 0) is 53.9 Å². The van der Waals surface area contributed by atoms with Crippen molar-refractivity contribution in [3.63, 3.8) is 0 Å². The van der Waals surface area contributed by atoms with Gasteiger partial charge in [-0.15, -0.1) is 0 Å². The summed E-state index contributed by atoms with van der Waals surface area (Å²) in [6, 6.07) is 4.02. The first kappa shape index (κ1) is 13.1. The zero-order chi connectivity index (χ0) is 13.4. The van der Waals surface area contributed by atoms with Crippen LogP contribution in [0, 0.1) is 5.92 Å². The van der Waals surface area contributed by atoms with Crippen molar-refractivity contribution in [2.24, 2.45) is 5.92 Å². The van der Waals surface area contributed by atoms with Gasteiger partial charge in [0.15, 0.2) is 0 Å². The van der Waals surface area contributed by atoms with Crippen molar-refractivity contribution in [2.45, 2.75) is 26.0 Å². The molecular formula is C14H18BrN3O. The molecule has 3 heterocycles. The van der Waals surface area contributed by atoms with Crippen LogP contribution in [-0.4, -0.2) is 38.6 Å². The summed E-state index contributed by atoms with van der Waals surface area (Å²) in [5, 5.41) is 9.65. The zero-order valence-electron chi connectivity index (χ0n) is 11.0. The highest BCUT2D eigenvalue weighted by molar-refractivity contribution is 9.10. The van der Waals surface area contributed by atoms with E-state index in [0.717, 1.165) is 36.2 Å². The van der Waals surface area contributed by atoms with Crippen LogP contribution in [0.5, 0.6) is 0 Å². The molecule has 1 fully saturated rings. The summed E-state index contributed by atoms with van der Waals surface area (Å²) in [5.74, 6) is 0.408. The Hall–Kier alpha value is -0.910. The topological polar surface area (TPSA) is 40.8 Å². The SMILES string of the molecule is CC(O)C1CCN(Cc2cnc3ccc(Br)cn23)C1. The predicted molar refractivity (Wildman–Crippen MR) is 78.0 cm³/mol. The van der Waals surface area contributed by atoms with Crippen molar-refractivity contribution in [1.82, 2.24) is 14.3 Å². The second-order valence-electron chi connectivity index (χ2n) is 5.35. The number of rotatable bonds is 3. The molecule has 2 atom stereocenters. The number of aliphatic hydroxyl groups excluding tert-OH is 1. The van der Waals surface area contributed by atoms with Crippen LogP contribution in [0.4, 0.5) is 0 Å². The Labute approximate surface area is 121 Å². The average Bonchev–Trinajstić information content (AvgIpc) is 2.98. The molecule has 2 aromatic rings. The molecular weight excluding hydrogens is 306 g/mol. The molecule has 2 unspecified atom stereocenters. The lowest BCUT2D eigenvalue weighted by atomic mass is 10.0. The quantitative estimate of drug-likeness (QED) is 0.942. The first-order chi connectivity index (χ1) is 9.13. The highest BCUT2D eigenvalue weighted by Gasteiger charge is 2.26. The van der Waals surface area contributed by atoms with E-state index < -0.39 is 0 Å². The maximum absolute atomic E-state index is 9.65. The second kappa shape index (κ2) is 5.23. The fraction of sp³-hybridized carbons (Fsp3) is 0.500. The monoisotopic (exact) mass is 323 g/mol. The first-order valence-corrected chi connectivity index (χ1v) is 7.44. The number of nitrogens with zero attached hydrogens (tertiary/aromatic N) is 3. The van der Waals surface area contributed by atoms with E-state index in [1.54, 1.807) is 0 Å². The van der Waals surface area contributed by atoms with Gasteiger partial charge < -0.3 is 9.51 Å². The Morgan fingerprint density at radius 2 is 2.37 bits per heavy atom. The van der Waals surface area contributed by atoms with E-state index >= 15 is 0 Å². The van der Waals surface area contributed by atoms with Gasteiger partial charge in [0.1, 0.15) is 5.65 Å². The minimum atomic E-state index is -0.207. The number of hydrogen-bond donors (Lipinski definition) is 1. The standard InChI is InChI=1S/C14H18BrN3O/c1-10(19)11-4-5-17(7-11)9-13-6-16-14-3-2-12(15)8-18(13)14/h2-3,6,8,10-11,19H,4-5,7,9H2,1H3. The Kier molecular flexibility index (Phi) is 3.60. The molecule has 0 aliphatic carbocycles. The lowest BCUT2D eigenvalue weighted by Crippen LogP contribution is -2.24. The van der Waals surface area contributed by atoms with Crippen LogP contribution in [0.3, 0.4) is 0 Å². The van der Waals surface area contributed by atoms with E-state index in [0.29, 0.717) is 5.92 Å². The molecule has 0 aromatic carbocycles. The van der Waals surface area contributed by atoms with E-state index in [2.05, 4.69) is 36.4 Å². The number of aliphatic hydroxyl groups is 1. The summed E-state index contributed by atoms with van der Waals surface area (Å²) in [4.78, 5) is 6.81. The maximum Gasteiger partial charge on any atom is 0.136 e. The second-order valence-corrected chi connectivity index (χ2v) is 6.27. The van der Waals surface area contributed by atoms with Crippen LogP contribution in [0.15, 0.2) is 29.0 Å². The molecule has 1 saturated heterocycles. The van der Waals surface area contributed by atoms with E-state index in [1.807, 2.05) is 25.3 Å². The van der Waals surface area contributed by atoms with Crippen LogP contribution in [0.25, 0.3) is 5.65 Å². The summed E-state index contributed by atoms with van der Waals surface area (Å²) < 4.78 is 3.18. The molecule has 0 bridgehead atoms. The highest BCUT2D eigenvalue weighted by Crippen LogP contribution is 2.22. The summed E-state index contributed by atoms with van der Waals surface area (Å²) >= 11 is 3.50. The molecule has 0 radical (unpaired) electrons. The predicted octanol–water partition coefficient (Wildman–Crippen LogP) is 2.30. The van der Waals surface area contributed by atoms with E-state index in [4.69, 9.17) is 0 Å². The molecule has 1 aliphatic heterocycles. The molecule has 3 rings (SSSR count). The average molecular weight is 324 g/mol. The smallest absolute Gasteiger partial charge is 0.136 e. The summed E-state index contributed by atoms with van der Waals surface area (Å²) in [7, 11) is 0. The van der Waals surface area contributed by atoms with Gasteiger partial charge in [0.05, 0.1) is 18.0 Å². The van der Waals surface area contributed by atoms with E-state index in [9.17, 15) is 5.11 Å². The Balaban J connectivity index is 1.77. The lowest BCUT2D eigenvalue weighted by Gasteiger charge is -2.17. The van der Waals surface area contributed by atoms with E-state index in [1.165, 1.54) is 5.69 Å². The number of aromatic nitrogens is 2. The van der Waals surface area contributed by atoms with E-state index in [-0.39, 0.29) is 6.10 Å². The third-order valence-corrected chi connectivity index (χ3v) is 4.39. The van der Waals surface area contributed by atoms with Crippen LogP contribution in [0.2, 0.25) is 0 Å². The van der Waals surface area contributed by atoms with Gasteiger partial charge in [-0.2, -0.15) is 0 Å². The maximum atomic E-state index is 9.65. The van der Waals surface area contributed by atoms with Crippen LogP contribution in [0.1, 0.15) is 19.0 Å². The van der Waals surface area contributed by atoms with Crippen molar-refractivity contribution in [3.8, 4) is 0 Å². The van der Waals surface area contributed by atoms with Crippen molar-refractivity contribution in [1.29, 1.82) is 0 Å². The van der Waals surface area contributed by atoms with Gasteiger partial charge in [-0.1, -0.05) is 0 Å². The summed E-state index contributed by atoms with van der Waals surface area (Å²) in [5.41, 5.74) is 2.17. The fourth-order valence-corrected chi connectivity index (χ4v) is 3.09. The molecule has 0 saturated carbocycles. The number of fused-ring (bicyclic) bond motifs is 1. The van der Waals surface area contributed by atoms with Crippen LogP contribution < -0.4 is 0 Å². The van der Waals surface area contributed by atoms with Crippen molar-refractivity contribution in [3.05, 3.63) is 34.7 Å². The van der Waals surface area contributed by atoms with Gasteiger partial charge >= 0.3 is 0 Å². The number of likely N-dealkylation sites (tertiary alicyclic amines) is 1. The van der Waals surface area contributed by atoms with Crippen LogP contribution in [-0.2, 0) is 6.54 Å². The normalized spacial score (nSPS) is 22.2. The molecule has 102 valence electrons. The minimum Gasteiger partial charge on any atom is -0.393 e. The number of halogens is 1. The Morgan fingerprint density at radius 3 is 3.11 bits per heavy atom. The molecule has 5 heteroatoms.